The first-order valence-electron chi connectivity index (χ1n) is 9.57. The Labute approximate surface area is 176 Å². The van der Waals surface area contributed by atoms with Crippen molar-refractivity contribution in [1.82, 2.24) is 5.32 Å². The summed E-state index contributed by atoms with van der Waals surface area (Å²) in [4.78, 5) is 12.7. The van der Waals surface area contributed by atoms with Crippen LogP contribution < -0.4 is 15.8 Å². The van der Waals surface area contributed by atoms with Crippen molar-refractivity contribution < 1.29 is 14.3 Å². The topological polar surface area (TPSA) is 97.4 Å². The molecule has 0 aromatic heterocycles. The van der Waals surface area contributed by atoms with Gasteiger partial charge in [-0.05, 0) is 28.8 Å². The van der Waals surface area contributed by atoms with E-state index in [1.165, 1.54) is 7.11 Å². The molecular formula is C24H25N3O3. The van der Waals surface area contributed by atoms with Crippen LogP contribution in [0.1, 0.15) is 28.4 Å². The van der Waals surface area contributed by atoms with Gasteiger partial charge < -0.3 is 20.5 Å². The van der Waals surface area contributed by atoms with Gasteiger partial charge in [0.1, 0.15) is 18.2 Å². The van der Waals surface area contributed by atoms with Gasteiger partial charge in [0, 0.05) is 19.2 Å². The molecule has 0 saturated carbocycles. The van der Waals surface area contributed by atoms with E-state index in [1.807, 2.05) is 66.7 Å². The summed E-state index contributed by atoms with van der Waals surface area (Å²) in [5, 5.41) is 10.3. The first kappa shape index (κ1) is 21.1. The molecule has 3 rings (SSSR count). The second-order valence-electron chi connectivity index (χ2n) is 6.79. The fourth-order valence-electron chi connectivity index (χ4n) is 2.99. The van der Waals surface area contributed by atoms with Gasteiger partial charge in [0.05, 0.1) is 0 Å². The molecule has 0 saturated heterocycles. The molecule has 1 amide bonds. The van der Waals surface area contributed by atoms with E-state index >= 15 is 0 Å². The lowest BCUT2D eigenvalue weighted by Crippen LogP contribution is -2.30. The maximum atomic E-state index is 12.7. The van der Waals surface area contributed by atoms with Crippen LogP contribution in [0.4, 0.5) is 0 Å². The normalized spacial score (nSPS) is 11.5. The number of hydrogen-bond acceptors (Lipinski definition) is 4. The van der Waals surface area contributed by atoms with E-state index in [4.69, 9.17) is 20.6 Å². The smallest absolute Gasteiger partial charge is 0.254 e. The summed E-state index contributed by atoms with van der Waals surface area (Å²) in [5.41, 5.74) is 8.80. The molecule has 1 atom stereocenters. The Hall–Kier alpha value is -3.64. The molecule has 6 heteroatoms. The quantitative estimate of drug-likeness (QED) is 0.376. The van der Waals surface area contributed by atoms with Gasteiger partial charge in [-0.1, -0.05) is 66.7 Å². The number of methoxy groups -OCH3 is 1. The largest absolute Gasteiger partial charge is 0.489 e. The first-order valence-corrected chi connectivity index (χ1v) is 9.57. The minimum atomic E-state index is -0.748. The molecule has 30 heavy (non-hydrogen) atoms. The van der Waals surface area contributed by atoms with Gasteiger partial charge in [0.15, 0.2) is 6.10 Å². The summed E-state index contributed by atoms with van der Waals surface area (Å²) in [7, 11) is 1.50. The Morgan fingerprint density at radius 2 is 1.73 bits per heavy atom. The Kier molecular flexibility index (Phi) is 7.19. The molecule has 6 nitrogen and oxygen atoms in total. The number of nitrogen functional groups attached to an aromatic ring is 1. The van der Waals surface area contributed by atoms with Crippen LogP contribution >= 0.6 is 0 Å². The molecule has 154 valence electrons. The van der Waals surface area contributed by atoms with Crippen molar-refractivity contribution >= 4 is 11.7 Å². The number of benzene rings is 3. The van der Waals surface area contributed by atoms with Crippen LogP contribution in [0.5, 0.6) is 5.75 Å². The van der Waals surface area contributed by atoms with Gasteiger partial charge in [0.25, 0.3) is 5.91 Å². The molecule has 0 heterocycles. The third kappa shape index (κ3) is 5.68. The number of nitrogens with one attached hydrogen (secondary N) is 2. The van der Waals surface area contributed by atoms with Crippen LogP contribution in [-0.4, -0.2) is 18.9 Å². The Morgan fingerprint density at radius 1 is 1.00 bits per heavy atom. The van der Waals surface area contributed by atoms with E-state index in [0.29, 0.717) is 30.0 Å². The zero-order valence-corrected chi connectivity index (χ0v) is 16.8. The number of hydrogen-bond donors (Lipinski definition) is 3. The van der Waals surface area contributed by atoms with Crippen molar-refractivity contribution in [3.8, 4) is 5.75 Å². The number of amidine groups is 1. The van der Waals surface area contributed by atoms with Crippen LogP contribution in [0.25, 0.3) is 0 Å². The highest BCUT2D eigenvalue weighted by Gasteiger charge is 2.20. The summed E-state index contributed by atoms with van der Waals surface area (Å²) in [6, 6.07) is 24.4. The second kappa shape index (κ2) is 10.2. The molecule has 3 aromatic carbocycles. The lowest BCUT2D eigenvalue weighted by molar-refractivity contribution is -0.131. The first-order chi connectivity index (χ1) is 14.6. The van der Waals surface area contributed by atoms with Gasteiger partial charge in [-0.2, -0.15) is 0 Å². The van der Waals surface area contributed by atoms with Crippen LogP contribution in [-0.2, 0) is 22.7 Å². The van der Waals surface area contributed by atoms with Crippen molar-refractivity contribution in [2.45, 2.75) is 19.3 Å². The molecular weight excluding hydrogens is 378 g/mol. The summed E-state index contributed by atoms with van der Waals surface area (Å²) >= 11 is 0. The third-order valence-corrected chi connectivity index (χ3v) is 4.61. The van der Waals surface area contributed by atoms with Crippen molar-refractivity contribution in [2.24, 2.45) is 5.73 Å². The Morgan fingerprint density at radius 3 is 2.40 bits per heavy atom. The number of carbonyl (C=O) groups excluding carboxylic acids is 1. The second-order valence-corrected chi connectivity index (χ2v) is 6.79. The van der Waals surface area contributed by atoms with E-state index in [9.17, 15) is 4.79 Å². The van der Waals surface area contributed by atoms with Gasteiger partial charge >= 0.3 is 0 Å². The fraction of sp³-hybridized carbons (Fsp3) is 0.167. The SMILES string of the molecule is CO[C@H](C(=O)NCc1ccc(C(=N)N)cc1)c1cccc(OCc2ccccc2)c1. The minimum Gasteiger partial charge on any atom is -0.489 e. The highest BCUT2D eigenvalue weighted by Crippen LogP contribution is 2.23. The van der Waals surface area contributed by atoms with Gasteiger partial charge in [-0.3, -0.25) is 10.2 Å². The number of ether oxygens (including phenoxy) is 2. The van der Waals surface area contributed by atoms with Crippen LogP contribution in [0.2, 0.25) is 0 Å². The molecule has 0 spiro atoms. The average molecular weight is 403 g/mol. The number of rotatable bonds is 9. The predicted molar refractivity (Wildman–Crippen MR) is 116 cm³/mol. The molecule has 0 radical (unpaired) electrons. The Balaban J connectivity index is 1.61. The number of nitrogens with two attached hydrogens (primary N) is 1. The summed E-state index contributed by atoms with van der Waals surface area (Å²) in [6.07, 6.45) is -0.748. The number of carbonyl (C=O) groups is 1. The zero-order chi connectivity index (χ0) is 21.3. The lowest BCUT2D eigenvalue weighted by Gasteiger charge is -2.17. The monoisotopic (exact) mass is 403 g/mol. The molecule has 0 aliphatic carbocycles. The van der Waals surface area contributed by atoms with E-state index in [0.717, 1.165) is 11.1 Å². The standard InChI is InChI=1S/C24H25N3O3/c1-29-22(24(28)27-15-17-10-12-19(13-11-17)23(25)26)20-8-5-9-21(14-20)30-16-18-6-3-2-4-7-18/h2-14,22H,15-16H2,1H3,(H3,25,26)(H,27,28)/t22-/m0/s1. The molecule has 4 N–H and O–H groups in total. The average Bonchev–Trinajstić information content (AvgIpc) is 2.78. The molecule has 0 aliphatic rings. The van der Waals surface area contributed by atoms with Gasteiger partial charge in [-0.25, -0.2) is 0 Å². The zero-order valence-electron chi connectivity index (χ0n) is 16.8. The van der Waals surface area contributed by atoms with Crippen molar-refractivity contribution in [1.29, 1.82) is 5.41 Å². The molecule has 3 aromatic rings. The molecule has 0 bridgehead atoms. The predicted octanol–water partition coefficient (Wildman–Crippen LogP) is 3.55. The lowest BCUT2D eigenvalue weighted by atomic mass is 10.1. The molecule has 0 fully saturated rings. The van der Waals surface area contributed by atoms with E-state index in [-0.39, 0.29) is 11.7 Å². The summed E-state index contributed by atoms with van der Waals surface area (Å²) in [5.74, 6) is 0.443. The highest BCUT2D eigenvalue weighted by molar-refractivity contribution is 5.94. The minimum absolute atomic E-state index is 0.0133. The van der Waals surface area contributed by atoms with Crippen LogP contribution in [0.3, 0.4) is 0 Å². The maximum Gasteiger partial charge on any atom is 0.254 e. The van der Waals surface area contributed by atoms with E-state index in [2.05, 4.69) is 5.32 Å². The van der Waals surface area contributed by atoms with Crippen molar-refractivity contribution in [3.63, 3.8) is 0 Å². The molecule has 0 aliphatic heterocycles. The fourth-order valence-corrected chi connectivity index (χ4v) is 2.99. The summed E-state index contributed by atoms with van der Waals surface area (Å²) < 4.78 is 11.3. The summed E-state index contributed by atoms with van der Waals surface area (Å²) in [6.45, 7) is 0.797. The van der Waals surface area contributed by atoms with Gasteiger partial charge in [-0.15, -0.1) is 0 Å². The Bertz CT molecular complexity index is 988. The highest BCUT2D eigenvalue weighted by atomic mass is 16.5. The van der Waals surface area contributed by atoms with E-state index in [1.54, 1.807) is 12.1 Å². The van der Waals surface area contributed by atoms with Crippen molar-refractivity contribution in [3.05, 3.63) is 101 Å². The third-order valence-electron chi connectivity index (χ3n) is 4.61. The molecule has 0 unspecified atom stereocenters. The number of amides is 1. The van der Waals surface area contributed by atoms with Crippen molar-refractivity contribution in [2.75, 3.05) is 7.11 Å². The van der Waals surface area contributed by atoms with E-state index < -0.39 is 6.10 Å². The maximum absolute atomic E-state index is 12.7. The van der Waals surface area contributed by atoms with Crippen LogP contribution in [0.15, 0.2) is 78.9 Å². The van der Waals surface area contributed by atoms with Gasteiger partial charge in [0.2, 0.25) is 0 Å². The van der Waals surface area contributed by atoms with Crippen LogP contribution in [0, 0.1) is 5.41 Å².